The van der Waals surface area contributed by atoms with Gasteiger partial charge in [0.05, 0.1) is 10.8 Å². The van der Waals surface area contributed by atoms with Crippen LogP contribution in [-0.4, -0.2) is 42.8 Å². The Kier molecular flexibility index (Phi) is 5.44. The van der Waals surface area contributed by atoms with E-state index in [-0.39, 0.29) is 10.8 Å². The molecule has 0 N–H and O–H groups in total. The molecule has 0 aliphatic carbocycles. The molecular formula is C20H19FN4O5S. The molecule has 2 aromatic carbocycles. The van der Waals surface area contributed by atoms with Crippen LogP contribution < -0.4 is 4.90 Å². The lowest BCUT2D eigenvalue weighted by molar-refractivity contribution is -0.387. The Hall–Kier alpha value is -3.34. The first-order chi connectivity index (χ1) is 14.7. The molecule has 1 fully saturated rings. The summed E-state index contributed by atoms with van der Waals surface area (Å²) in [6, 6.07) is 10.0. The number of hydrogen-bond acceptors (Lipinski definition) is 8. The molecule has 0 bridgehead atoms. The summed E-state index contributed by atoms with van der Waals surface area (Å²) in [6.45, 7) is 1.12. The molecule has 4 rings (SSSR count). The van der Waals surface area contributed by atoms with Gasteiger partial charge in [-0.05, 0) is 37.1 Å². The van der Waals surface area contributed by atoms with Crippen molar-refractivity contribution in [3.8, 4) is 11.4 Å². The molecule has 3 aromatic rings. The average Bonchev–Trinajstić information content (AvgIpc) is 3.23. The molecular weight excluding hydrogens is 427 g/mol. The van der Waals surface area contributed by atoms with Crippen molar-refractivity contribution < 1.29 is 22.3 Å². The van der Waals surface area contributed by atoms with Crippen LogP contribution in [0.1, 0.15) is 24.7 Å². The van der Waals surface area contributed by atoms with Gasteiger partial charge in [-0.15, -0.1) is 0 Å². The quantitative estimate of drug-likeness (QED) is 0.431. The van der Waals surface area contributed by atoms with Crippen molar-refractivity contribution in [3.63, 3.8) is 0 Å². The lowest BCUT2D eigenvalue weighted by Crippen LogP contribution is -2.34. The number of benzene rings is 2. The summed E-state index contributed by atoms with van der Waals surface area (Å²) < 4.78 is 42.6. The maximum Gasteiger partial charge on any atom is 0.290 e. The normalized spacial score (nSPS) is 17.0. The fourth-order valence-electron chi connectivity index (χ4n) is 3.72. The van der Waals surface area contributed by atoms with Crippen molar-refractivity contribution in [2.75, 3.05) is 24.2 Å². The van der Waals surface area contributed by atoms with Crippen molar-refractivity contribution in [3.05, 3.63) is 64.3 Å². The third kappa shape index (κ3) is 4.41. The molecule has 11 heteroatoms. The Bertz CT molecular complexity index is 1240. The van der Waals surface area contributed by atoms with Gasteiger partial charge < -0.3 is 9.42 Å². The van der Waals surface area contributed by atoms with Gasteiger partial charge in [0.2, 0.25) is 11.7 Å². The minimum Gasteiger partial charge on any atom is -0.371 e. The zero-order valence-corrected chi connectivity index (χ0v) is 17.4. The summed E-state index contributed by atoms with van der Waals surface area (Å²) in [5.41, 5.74) is 0.608. The SMILES string of the molecule is CS(=O)(=O)c1ccc(N2CCCC(c3nc(-c4cccc(F)c4)no3)C2)cc1[N+](=O)[O-]. The van der Waals surface area contributed by atoms with Gasteiger partial charge in [-0.25, -0.2) is 12.8 Å². The topological polar surface area (TPSA) is 119 Å². The van der Waals surface area contributed by atoms with Gasteiger partial charge in [0.15, 0.2) is 9.84 Å². The van der Waals surface area contributed by atoms with Crippen molar-refractivity contribution >= 4 is 21.2 Å². The maximum absolute atomic E-state index is 13.5. The lowest BCUT2D eigenvalue weighted by Gasteiger charge is -2.32. The zero-order chi connectivity index (χ0) is 22.2. The third-order valence-electron chi connectivity index (χ3n) is 5.20. The molecule has 31 heavy (non-hydrogen) atoms. The van der Waals surface area contributed by atoms with Gasteiger partial charge in [0.1, 0.15) is 10.7 Å². The van der Waals surface area contributed by atoms with Crippen molar-refractivity contribution in [2.24, 2.45) is 0 Å². The van der Waals surface area contributed by atoms with Gasteiger partial charge >= 0.3 is 0 Å². The molecule has 1 aromatic heterocycles. The lowest BCUT2D eigenvalue weighted by atomic mass is 9.97. The number of nitrogens with zero attached hydrogens (tertiary/aromatic N) is 4. The number of hydrogen-bond donors (Lipinski definition) is 0. The molecule has 0 amide bonds. The van der Waals surface area contributed by atoms with Crippen LogP contribution in [0.15, 0.2) is 51.9 Å². The van der Waals surface area contributed by atoms with Gasteiger partial charge in [-0.2, -0.15) is 4.98 Å². The first kappa shape index (κ1) is 20.9. The second-order valence-corrected chi connectivity index (χ2v) is 9.42. The van der Waals surface area contributed by atoms with Crippen molar-refractivity contribution in [2.45, 2.75) is 23.7 Å². The Labute approximate surface area is 177 Å². The van der Waals surface area contributed by atoms with E-state index in [0.29, 0.717) is 36.1 Å². The van der Waals surface area contributed by atoms with E-state index >= 15 is 0 Å². The Morgan fingerprint density at radius 1 is 1.26 bits per heavy atom. The summed E-state index contributed by atoms with van der Waals surface area (Å²) in [6.07, 6.45) is 2.51. The minimum absolute atomic E-state index is 0.114. The van der Waals surface area contributed by atoms with E-state index in [2.05, 4.69) is 10.1 Å². The molecule has 0 spiro atoms. The van der Waals surface area contributed by atoms with Gasteiger partial charge in [-0.3, -0.25) is 10.1 Å². The molecule has 1 unspecified atom stereocenters. The second kappa shape index (κ2) is 8.06. The van der Waals surface area contributed by atoms with E-state index in [0.717, 1.165) is 19.1 Å². The largest absolute Gasteiger partial charge is 0.371 e. The van der Waals surface area contributed by atoms with Crippen LogP contribution in [0.2, 0.25) is 0 Å². The molecule has 0 saturated carbocycles. The number of anilines is 1. The third-order valence-corrected chi connectivity index (χ3v) is 6.34. The number of rotatable bonds is 5. The maximum atomic E-state index is 13.5. The molecule has 1 aliphatic rings. The summed E-state index contributed by atoms with van der Waals surface area (Å²) in [4.78, 5) is 16.7. The molecule has 0 radical (unpaired) electrons. The molecule has 1 atom stereocenters. The van der Waals surface area contributed by atoms with E-state index in [4.69, 9.17) is 4.52 Å². The van der Waals surface area contributed by atoms with Crippen molar-refractivity contribution in [1.82, 2.24) is 10.1 Å². The average molecular weight is 446 g/mol. The number of nitro benzene ring substituents is 1. The number of piperidine rings is 1. The van der Waals surface area contributed by atoms with E-state index in [9.17, 15) is 22.9 Å². The zero-order valence-electron chi connectivity index (χ0n) is 16.6. The molecule has 162 valence electrons. The fourth-order valence-corrected chi connectivity index (χ4v) is 4.55. The number of sulfone groups is 1. The van der Waals surface area contributed by atoms with E-state index in [1.54, 1.807) is 18.2 Å². The van der Waals surface area contributed by atoms with Crippen LogP contribution in [0.3, 0.4) is 0 Å². The first-order valence-electron chi connectivity index (χ1n) is 9.55. The monoisotopic (exact) mass is 446 g/mol. The summed E-state index contributed by atoms with van der Waals surface area (Å²) >= 11 is 0. The standard InChI is InChI=1S/C20H19FN4O5S/c1-31(28,29)18-8-7-16(11-17(18)25(26)27)24-9-3-5-14(12-24)20-22-19(23-30-20)13-4-2-6-15(21)10-13/h2,4,6-8,10-11,14H,3,5,9,12H2,1H3. The van der Waals surface area contributed by atoms with Gasteiger partial charge in [0, 0.05) is 36.7 Å². The highest BCUT2D eigenvalue weighted by Gasteiger charge is 2.29. The summed E-state index contributed by atoms with van der Waals surface area (Å²) in [5, 5.41) is 15.4. The van der Waals surface area contributed by atoms with Gasteiger partial charge in [0.25, 0.3) is 5.69 Å². The summed E-state index contributed by atoms with van der Waals surface area (Å²) in [7, 11) is -3.73. The van der Waals surface area contributed by atoms with E-state index in [1.807, 2.05) is 4.90 Å². The number of nitro groups is 1. The van der Waals surface area contributed by atoms with Crippen molar-refractivity contribution in [1.29, 1.82) is 0 Å². The molecule has 1 aliphatic heterocycles. The molecule has 2 heterocycles. The Morgan fingerprint density at radius 3 is 2.77 bits per heavy atom. The number of halogens is 1. The van der Waals surface area contributed by atoms with Gasteiger partial charge in [-0.1, -0.05) is 17.3 Å². The Balaban J connectivity index is 1.58. The summed E-state index contributed by atoms with van der Waals surface area (Å²) in [5.74, 6) is 0.190. The second-order valence-electron chi connectivity index (χ2n) is 7.43. The molecule has 1 saturated heterocycles. The predicted molar refractivity (Wildman–Crippen MR) is 110 cm³/mol. The Morgan fingerprint density at radius 2 is 2.06 bits per heavy atom. The van der Waals surface area contributed by atoms with E-state index in [1.165, 1.54) is 24.3 Å². The number of aromatic nitrogens is 2. The molecule has 9 nitrogen and oxygen atoms in total. The first-order valence-corrected chi connectivity index (χ1v) is 11.4. The highest BCUT2D eigenvalue weighted by atomic mass is 32.2. The predicted octanol–water partition coefficient (Wildman–Crippen LogP) is 3.57. The van der Waals surface area contributed by atoms with Crippen LogP contribution in [0, 0.1) is 15.9 Å². The highest BCUT2D eigenvalue weighted by Crippen LogP contribution is 2.34. The van der Waals surface area contributed by atoms with Crippen LogP contribution in [-0.2, 0) is 9.84 Å². The fraction of sp³-hybridized carbons (Fsp3) is 0.300. The van der Waals surface area contributed by atoms with Crippen LogP contribution in [0.25, 0.3) is 11.4 Å². The van der Waals surface area contributed by atoms with Crippen LogP contribution in [0.4, 0.5) is 15.8 Å². The minimum atomic E-state index is -3.73. The van der Waals surface area contributed by atoms with Crippen LogP contribution >= 0.6 is 0 Å². The smallest absolute Gasteiger partial charge is 0.290 e. The van der Waals surface area contributed by atoms with Crippen LogP contribution in [0.5, 0.6) is 0 Å². The highest BCUT2D eigenvalue weighted by molar-refractivity contribution is 7.90. The van der Waals surface area contributed by atoms with E-state index < -0.39 is 26.3 Å².